The second-order valence-electron chi connectivity index (χ2n) is 20.2. The number of hydrogen-bond acceptors (Lipinski definition) is 12. The Bertz CT molecular complexity index is 2790. The SMILES string of the molecule is C.C.C.C.CO.COC(=O)C1CCC(CCC(=O)c2c(C#CC(C)(C)OC)nc(Cl)n2Cc2ccc(C)cc2)CC1.COC(C)(C)C#Cc1nc(Cl)n(Cc2ccc(C)cc2)c1C(=O)CCC1CCC(C(=O)O)CC1.CS(=O)(=O)O. The number of aliphatic carboxylic acids is 1. The molecule has 80 heavy (non-hydrogen) atoms. The topological polar surface area (TPSA) is 226 Å². The first-order chi connectivity index (χ1) is 35.7. The van der Waals surface area contributed by atoms with Crippen molar-refractivity contribution in [2.75, 3.05) is 34.7 Å². The van der Waals surface area contributed by atoms with Crippen LogP contribution in [0.15, 0.2) is 48.5 Å². The van der Waals surface area contributed by atoms with Crippen LogP contribution in [0.25, 0.3) is 0 Å². The number of halogens is 2. The number of aryl methyl sites for hydroxylation is 2. The average molecular weight is 1180 g/mol. The van der Waals surface area contributed by atoms with Gasteiger partial charge in [-0.3, -0.25) is 23.7 Å². The Labute approximate surface area is 488 Å². The van der Waals surface area contributed by atoms with E-state index in [-0.39, 0.29) is 69.6 Å². The summed E-state index contributed by atoms with van der Waals surface area (Å²) in [6, 6.07) is 16.2. The second kappa shape index (κ2) is 36.2. The molecular formula is C61H92Cl2N4O12S. The van der Waals surface area contributed by atoms with Crippen molar-refractivity contribution in [1.29, 1.82) is 0 Å². The van der Waals surface area contributed by atoms with Gasteiger partial charge in [-0.2, -0.15) is 8.42 Å². The van der Waals surface area contributed by atoms with Crippen LogP contribution in [0.1, 0.15) is 189 Å². The largest absolute Gasteiger partial charge is 0.481 e. The van der Waals surface area contributed by atoms with Gasteiger partial charge >= 0.3 is 11.9 Å². The van der Waals surface area contributed by atoms with Gasteiger partial charge in [0, 0.05) is 34.2 Å². The normalized spacial score (nSPS) is 16.4. The van der Waals surface area contributed by atoms with Crippen molar-refractivity contribution in [3.63, 3.8) is 0 Å². The van der Waals surface area contributed by atoms with E-state index < -0.39 is 27.3 Å². The molecule has 0 saturated heterocycles. The first-order valence-electron chi connectivity index (χ1n) is 25.3. The van der Waals surface area contributed by atoms with E-state index in [1.165, 1.54) is 7.11 Å². The van der Waals surface area contributed by atoms with E-state index >= 15 is 0 Å². The monoisotopic (exact) mass is 1170 g/mol. The number of hydrogen-bond donors (Lipinski definition) is 3. The third kappa shape index (κ3) is 25.6. The number of Topliss-reactive ketones (excluding diaryl/α,β-unsaturated/α-hetero) is 2. The highest BCUT2D eigenvalue weighted by Crippen LogP contribution is 2.34. The minimum Gasteiger partial charge on any atom is -0.481 e. The lowest BCUT2D eigenvalue weighted by molar-refractivity contribution is -0.147. The third-order valence-electron chi connectivity index (χ3n) is 13.4. The molecule has 2 saturated carbocycles. The fourth-order valence-electron chi connectivity index (χ4n) is 8.61. The third-order valence-corrected chi connectivity index (χ3v) is 14.0. The van der Waals surface area contributed by atoms with Crippen molar-refractivity contribution in [2.45, 2.75) is 173 Å². The minimum atomic E-state index is -3.67. The van der Waals surface area contributed by atoms with E-state index in [2.05, 4.69) is 33.6 Å². The Morgan fingerprint density at radius 3 is 1.23 bits per heavy atom. The molecule has 0 spiro atoms. The number of benzene rings is 2. The Kier molecular flexibility index (Phi) is 34.7. The fraction of sp³-hybridized carbons (Fsp3) is 0.574. The smallest absolute Gasteiger partial charge is 0.308 e. The van der Waals surface area contributed by atoms with Gasteiger partial charge in [0.25, 0.3) is 10.1 Å². The number of methoxy groups -OCH3 is 3. The van der Waals surface area contributed by atoms with Gasteiger partial charge in [-0.05, 0) is 164 Å². The minimum absolute atomic E-state index is 0. The number of ether oxygens (including phenoxy) is 3. The van der Waals surface area contributed by atoms with Crippen LogP contribution in [-0.4, -0.2) is 112 Å². The molecule has 448 valence electrons. The molecular weight excluding hydrogens is 1080 g/mol. The van der Waals surface area contributed by atoms with Crippen LogP contribution >= 0.6 is 23.2 Å². The zero-order chi connectivity index (χ0) is 57.0. The van der Waals surface area contributed by atoms with E-state index in [1.807, 2.05) is 90.1 Å². The van der Waals surface area contributed by atoms with Gasteiger partial charge in [0.2, 0.25) is 10.6 Å². The molecule has 3 N–H and O–H groups in total. The van der Waals surface area contributed by atoms with Crippen LogP contribution in [0, 0.1) is 61.2 Å². The molecule has 2 aromatic carbocycles. The lowest BCUT2D eigenvalue weighted by Gasteiger charge is -2.26. The summed E-state index contributed by atoms with van der Waals surface area (Å²) in [5.74, 6) is 11.7. The van der Waals surface area contributed by atoms with E-state index in [9.17, 15) is 32.7 Å². The second-order valence-corrected chi connectivity index (χ2v) is 22.3. The number of carboxylic acids is 1. The number of imidazole rings is 2. The lowest BCUT2D eigenvalue weighted by Crippen LogP contribution is -2.23. The maximum atomic E-state index is 13.5. The highest BCUT2D eigenvalue weighted by molar-refractivity contribution is 7.85. The molecule has 6 rings (SSSR count). The van der Waals surface area contributed by atoms with Gasteiger partial charge in [0.1, 0.15) is 34.0 Å². The molecule has 2 fully saturated rings. The van der Waals surface area contributed by atoms with Gasteiger partial charge in [-0.1, -0.05) is 101 Å². The van der Waals surface area contributed by atoms with Crippen LogP contribution in [-0.2, 0) is 47.0 Å². The number of aromatic nitrogens is 4. The summed E-state index contributed by atoms with van der Waals surface area (Å²) < 4.78 is 45.0. The maximum Gasteiger partial charge on any atom is 0.308 e. The average Bonchev–Trinajstić information content (AvgIpc) is 3.88. The van der Waals surface area contributed by atoms with Crippen molar-refractivity contribution in [3.8, 4) is 23.7 Å². The summed E-state index contributed by atoms with van der Waals surface area (Å²) in [6.07, 6.45) is 9.41. The summed E-state index contributed by atoms with van der Waals surface area (Å²) in [6.45, 7) is 12.3. The molecule has 0 aliphatic heterocycles. The van der Waals surface area contributed by atoms with Crippen LogP contribution in [0.5, 0.6) is 0 Å². The molecule has 4 aromatic rings. The summed E-state index contributed by atoms with van der Waals surface area (Å²) in [5.41, 5.74) is 4.61. The van der Waals surface area contributed by atoms with Crippen molar-refractivity contribution in [3.05, 3.63) is 104 Å². The summed E-state index contributed by atoms with van der Waals surface area (Å²) >= 11 is 13.0. The van der Waals surface area contributed by atoms with Crippen molar-refractivity contribution in [1.82, 2.24) is 19.1 Å². The Hall–Kier alpha value is -5.37. The first kappa shape index (κ1) is 76.7. The molecule has 2 heterocycles. The molecule has 2 aliphatic rings. The van der Waals surface area contributed by atoms with Gasteiger partial charge < -0.3 is 33.6 Å². The Morgan fingerprint density at radius 2 is 0.938 bits per heavy atom. The van der Waals surface area contributed by atoms with Crippen molar-refractivity contribution >= 4 is 56.8 Å². The van der Waals surface area contributed by atoms with Gasteiger partial charge in [-0.15, -0.1) is 0 Å². The highest BCUT2D eigenvalue weighted by atomic mass is 35.5. The van der Waals surface area contributed by atoms with Crippen LogP contribution < -0.4 is 0 Å². The van der Waals surface area contributed by atoms with Gasteiger partial charge in [-0.25, -0.2) is 9.97 Å². The van der Waals surface area contributed by atoms with E-state index in [1.54, 1.807) is 23.4 Å². The number of aliphatic hydroxyl groups excluding tert-OH is 1. The number of rotatable bonds is 16. The summed E-state index contributed by atoms with van der Waals surface area (Å²) in [5, 5.41) is 16.7. The molecule has 2 aliphatic carbocycles. The molecule has 0 amide bonds. The maximum absolute atomic E-state index is 13.5. The zero-order valence-corrected chi connectivity index (χ0v) is 48.1. The molecule has 0 radical (unpaired) electrons. The Morgan fingerprint density at radius 1 is 0.625 bits per heavy atom. The quantitative estimate of drug-likeness (QED) is 0.0411. The summed E-state index contributed by atoms with van der Waals surface area (Å²) in [4.78, 5) is 58.8. The van der Waals surface area contributed by atoms with E-state index in [0.717, 1.165) is 80.7 Å². The van der Waals surface area contributed by atoms with E-state index in [0.29, 0.717) is 79.6 Å². The van der Waals surface area contributed by atoms with Crippen LogP contribution in [0.2, 0.25) is 10.6 Å². The van der Waals surface area contributed by atoms with E-state index in [4.69, 9.17) is 47.1 Å². The first-order valence-corrected chi connectivity index (χ1v) is 27.9. The standard InChI is InChI=1S/C28H35ClN2O4.C27H33ClN2O4.CH4O3S.CH4O.4CH4/c1-19-6-8-21(9-7-19)18-31-25(23(30-27(31)29)16-17-28(2,3)35-5)24(32)15-12-20-10-13-22(14-11-20)26(33)34-4;1-18-5-7-20(8-6-18)17-30-24(22(29-26(30)28)15-16-27(2,3)34-4)23(31)14-11-19-9-12-21(13-10-19)25(32)33;1-5(2,3)4;1-2;;;;/h6-9,20,22H,10-15,18H2,1-5H3;5-8,19,21H,9-14,17H2,1-4H3,(H,32,33);1H3,(H,2,3,4);2H,1H3;4*1H4. The number of carboxylic acid groups (broad SMARTS) is 1. The molecule has 19 heteroatoms. The highest BCUT2D eigenvalue weighted by Gasteiger charge is 2.30. The molecule has 16 nitrogen and oxygen atoms in total. The van der Waals surface area contributed by atoms with Crippen LogP contribution in [0.3, 0.4) is 0 Å². The van der Waals surface area contributed by atoms with Gasteiger partial charge in [0.15, 0.2) is 11.6 Å². The number of carbonyl (C=O) groups excluding carboxylic acids is 3. The number of nitrogens with zero attached hydrogens (tertiary/aromatic N) is 4. The van der Waals surface area contributed by atoms with Crippen molar-refractivity contribution < 1.29 is 56.6 Å². The predicted octanol–water partition coefficient (Wildman–Crippen LogP) is 12.8. The summed E-state index contributed by atoms with van der Waals surface area (Å²) in [7, 11) is 1.95. The molecule has 0 atom stereocenters. The van der Waals surface area contributed by atoms with Gasteiger partial charge in [0.05, 0.1) is 38.3 Å². The molecule has 0 unspecified atom stereocenters. The molecule has 0 bridgehead atoms. The zero-order valence-electron chi connectivity index (χ0n) is 45.8. The Balaban J connectivity index is 0. The number of carbonyl (C=O) groups is 4. The lowest BCUT2D eigenvalue weighted by atomic mass is 9.79. The number of aliphatic hydroxyl groups is 1. The van der Waals surface area contributed by atoms with Crippen molar-refractivity contribution in [2.24, 2.45) is 23.7 Å². The fourth-order valence-corrected chi connectivity index (χ4v) is 9.07. The predicted molar refractivity (Wildman–Crippen MR) is 321 cm³/mol. The number of ketones is 2. The number of esters is 1. The molecule has 2 aromatic heterocycles. The van der Waals surface area contributed by atoms with Crippen LogP contribution in [0.4, 0.5) is 0 Å².